The van der Waals surface area contributed by atoms with Gasteiger partial charge in [0, 0.05) is 25.2 Å². The van der Waals surface area contributed by atoms with Crippen molar-refractivity contribution in [1.29, 1.82) is 0 Å². The second-order valence-electron chi connectivity index (χ2n) is 6.76. The largest absolute Gasteiger partial charge is 0.378 e. The van der Waals surface area contributed by atoms with Gasteiger partial charge in [0.05, 0.1) is 32.0 Å². The van der Waals surface area contributed by atoms with Crippen molar-refractivity contribution < 1.29 is 14.3 Å². The lowest BCUT2D eigenvalue weighted by Crippen LogP contribution is -2.51. The number of ether oxygens (including phenoxy) is 1. The van der Waals surface area contributed by atoms with Crippen LogP contribution in [0.3, 0.4) is 0 Å². The van der Waals surface area contributed by atoms with Crippen LogP contribution < -0.4 is 0 Å². The van der Waals surface area contributed by atoms with Gasteiger partial charge in [-0.3, -0.25) is 14.3 Å². The smallest absolute Gasteiger partial charge is 0.249 e. The van der Waals surface area contributed by atoms with Crippen molar-refractivity contribution in [3.05, 3.63) is 18.0 Å². The van der Waals surface area contributed by atoms with E-state index in [2.05, 4.69) is 12.0 Å². The van der Waals surface area contributed by atoms with Gasteiger partial charge in [-0.2, -0.15) is 5.10 Å². The maximum atomic E-state index is 12.9. The molecule has 0 radical (unpaired) electrons. The molecule has 7 heteroatoms. The van der Waals surface area contributed by atoms with Crippen LogP contribution >= 0.6 is 0 Å². The molecule has 1 saturated carbocycles. The molecule has 3 heterocycles. The third-order valence-electron chi connectivity index (χ3n) is 5.14. The highest BCUT2D eigenvalue weighted by atomic mass is 16.5. The van der Waals surface area contributed by atoms with Crippen molar-refractivity contribution in [1.82, 2.24) is 19.6 Å². The third kappa shape index (κ3) is 2.63. The zero-order valence-electron chi connectivity index (χ0n) is 13.4. The van der Waals surface area contributed by atoms with Gasteiger partial charge >= 0.3 is 0 Å². The molecular weight excluding hydrogens is 296 g/mol. The van der Waals surface area contributed by atoms with Gasteiger partial charge in [0.1, 0.15) is 6.04 Å². The van der Waals surface area contributed by atoms with Crippen molar-refractivity contribution in [2.45, 2.75) is 25.9 Å². The average Bonchev–Trinajstić information content (AvgIpc) is 3.12. The molecule has 4 rings (SSSR count). The van der Waals surface area contributed by atoms with Crippen molar-refractivity contribution in [3.63, 3.8) is 0 Å². The Morgan fingerprint density at radius 2 is 1.96 bits per heavy atom. The number of hydrogen-bond donors (Lipinski definition) is 0. The first kappa shape index (κ1) is 14.7. The number of rotatable bonds is 2. The average molecular weight is 318 g/mol. The Morgan fingerprint density at radius 1 is 1.22 bits per heavy atom. The molecule has 0 aromatic carbocycles. The Bertz CT molecular complexity index is 623. The molecule has 1 saturated heterocycles. The summed E-state index contributed by atoms with van der Waals surface area (Å²) in [5, 5.41) is 4.32. The minimum absolute atomic E-state index is 0.0413. The zero-order valence-corrected chi connectivity index (χ0v) is 13.4. The molecule has 0 N–H and O–H groups in total. The second-order valence-corrected chi connectivity index (χ2v) is 6.76. The van der Waals surface area contributed by atoms with E-state index in [-0.39, 0.29) is 17.7 Å². The lowest BCUT2D eigenvalue weighted by Gasteiger charge is -2.37. The van der Waals surface area contributed by atoms with Crippen LogP contribution in [0, 0.1) is 11.8 Å². The van der Waals surface area contributed by atoms with Gasteiger partial charge in [-0.05, 0) is 18.4 Å². The number of hydrogen-bond acceptors (Lipinski definition) is 4. The van der Waals surface area contributed by atoms with E-state index in [9.17, 15) is 9.59 Å². The van der Waals surface area contributed by atoms with Crippen LogP contribution in [0.2, 0.25) is 0 Å². The molecule has 0 spiro atoms. The SMILES string of the molecule is C[C@@H]1C[C@H]1C(=O)N1Cc2ccnn2[C@@H](C(=O)N2CCOCC2)C1. The molecule has 2 amide bonds. The number of nitrogens with zero attached hydrogens (tertiary/aromatic N) is 4. The molecule has 1 aromatic heterocycles. The summed E-state index contributed by atoms with van der Waals surface area (Å²) < 4.78 is 7.11. The Hall–Kier alpha value is -1.89. The van der Waals surface area contributed by atoms with Crippen LogP contribution in [0.4, 0.5) is 0 Å². The Balaban J connectivity index is 1.55. The Morgan fingerprint density at radius 3 is 2.65 bits per heavy atom. The highest BCUT2D eigenvalue weighted by molar-refractivity contribution is 5.85. The number of fused-ring (bicyclic) bond motifs is 1. The second kappa shape index (κ2) is 5.63. The number of morpholine rings is 1. The molecule has 2 fully saturated rings. The fourth-order valence-electron chi connectivity index (χ4n) is 3.54. The Kier molecular flexibility index (Phi) is 3.60. The molecule has 7 nitrogen and oxygen atoms in total. The summed E-state index contributed by atoms with van der Waals surface area (Å²) in [6.07, 6.45) is 2.68. The van der Waals surface area contributed by atoms with Gasteiger partial charge in [0.25, 0.3) is 0 Å². The molecule has 3 atom stereocenters. The number of amides is 2. The first-order valence-electron chi connectivity index (χ1n) is 8.33. The maximum absolute atomic E-state index is 12.9. The van der Waals surface area contributed by atoms with Crippen LogP contribution in [0.25, 0.3) is 0 Å². The summed E-state index contributed by atoms with van der Waals surface area (Å²) in [5.74, 6) is 0.843. The van der Waals surface area contributed by atoms with E-state index >= 15 is 0 Å². The molecule has 3 aliphatic rings. The monoisotopic (exact) mass is 318 g/mol. The normalized spacial score (nSPS) is 30.0. The topological polar surface area (TPSA) is 67.7 Å². The van der Waals surface area contributed by atoms with E-state index in [0.29, 0.717) is 45.3 Å². The highest BCUT2D eigenvalue weighted by Gasteiger charge is 2.44. The number of aromatic nitrogens is 2. The Labute approximate surface area is 135 Å². The standard InChI is InChI=1S/C16H22N4O3/c1-11-8-13(11)15(21)19-9-12-2-3-17-20(12)14(10-19)16(22)18-4-6-23-7-5-18/h2-3,11,13-14H,4-10H2,1H3/t11-,13-,14-/m1/s1. The highest BCUT2D eigenvalue weighted by Crippen LogP contribution is 2.40. The predicted octanol–water partition coefficient (Wildman–Crippen LogP) is 0.281. The molecule has 0 bridgehead atoms. The summed E-state index contributed by atoms with van der Waals surface area (Å²) in [7, 11) is 0. The van der Waals surface area contributed by atoms with Crippen molar-refractivity contribution >= 4 is 11.8 Å². The van der Waals surface area contributed by atoms with Gasteiger partial charge in [-0.15, -0.1) is 0 Å². The van der Waals surface area contributed by atoms with Gasteiger partial charge in [0.15, 0.2) is 0 Å². The minimum atomic E-state index is -0.412. The first-order chi connectivity index (χ1) is 11.1. The summed E-state index contributed by atoms with van der Waals surface area (Å²) in [6.45, 7) is 5.45. The molecule has 124 valence electrons. The van der Waals surface area contributed by atoms with Crippen LogP contribution in [-0.4, -0.2) is 64.2 Å². The van der Waals surface area contributed by atoms with Crippen molar-refractivity contribution in [2.75, 3.05) is 32.8 Å². The van der Waals surface area contributed by atoms with Gasteiger partial charge < -0.3 is 14.5 Å². The van der Waals surface area contributed by atoms with E-state index in [1.807, 2.05) is 15.9 Å². The summed E-state index contributed by atoms with van der Waals surface area (Å²) in [6, 6.07) is 1.49. The molecule has 23 heavy (non-hydrogen) atoms. The van der Waals surface area contributed by atoms with Gasteiger partial charge in [-0.1, -0.05) is 6.92 Å². The molecule has 2 aliphatic heterocycles. The van der Waals surface area contributed by atoms with Gasteiger partial charge in [-0.25, -0.2) is 0 Å². The van der Waals surface area contributed by atoms with Crippen LogP contribution in [0.5, 0.6) is 0 Å². The van der Waals surface area contributed by atoms with Gasteiger partial charge in [0.2, 0.25) is 11.8 Å². The molecule has 1 aromatic rings. The van der Waals surface area contributed by atoms with Crippen molar-refractivity contribution in [3.8, 4) is 0 Å². The predicted molar refractivity (Wildman–Crippen MR) is 81.4 cm³/mol. The van der Waals surface area contributed by atoms with E-state index < -0.39 is 6.04 Å². The van der Waals surface area contributed by atoms with Crippen molar-refractivity contribution in [2.24, 2.45) is 11.8 Å². The van der Waals surface area contributed by atoms with Crippen LogP contribution in [0.1, 0.15) is 25.1 Å². The molecular formula is C16H22N4O3. The maximum Gasteiger partial charge on any atom is 0.249 e. The summed E-state index contributed by atoms with van der Waals surface area (Å²) in [4.78, 5) is 29.2. The lowest BCUT2D eigenvalue weighted by atomic mass is 10.1. The lowest BCUT2D eigenvalue weighted by molar-refractivity contribution is -0.143. The molecule has 0 unspecified atom stereocenters. The van der Waals surface area contributed by atoms with E-state index in [4.69, 9.17) is 4.74 Å². The fraction of sp³-hybridized carbons (Fsp3) is 0.688. The van der Waals surface area contributed by atoms with Crippen LogP contribution in [-0.2, 0) is 20.9 Å². The quantitative estimate of drug-likeness (QED) is 0.785. The number of carbonyl (C=O) groups excluding carboxylic acids is 2. The van der Waals surface area contributed by atoms with E-state index in [1.54, 1.807) is 10.9 Å². The third-order valence-corrected chi connectivity index (χ3v) is 5.14. The van der Waals surface area contributed by atoms with E-state index in [0.717, 1.165) is 12.1 Å². The number of carbonyl (C=O) groups is 2. The summed E-state index contributed by atoms with van der Waals surface area (Å²) >= 11 is 0. The fourth-order valence-corrected chi connectivity index (χ4v) is 3.54. The minimum Gasteiger partial charge on any atom is -0.378 e. The first-order valence-corrected chi connectivity index (χ1v) is 8.33. The van der Waals surface area contributed by atoms with E-state index in [1.165, 1.54) is 0 Å². The van der Waals surface area contributed by atoms with Crippen LogP contribution in [0.15, 0.2) is 12.3 Å². The zero-order chi connectivity index (χ0) is 16.0. The molecule has 1 aliphatic carbocycles. The summed E-state index contributed by atoms with van der Waals surface area (Å²) in [5.41, 5.74) is 0.935.